The molecule has 94 valence electrons. The number of hydrogen-bond donors (Lipinski definition) is 2. The summed E-state index contributed by atoms with van der Waals surface area (Å²) in [7, 11) is 0. The Morgan fingerprint density at radius 1 is 1.47 bits per heavy atom. The summed E-state index contributed by atoms with van der Waals surface area (Å²) < 4.78 is 1.11. The van der Waals surface area contributed by atoms with Crippen molar-refractivity contribution in [1.82, 2.24) is 20.3 Å². The molecular weight excluding hydrogens is 224 g/mol. The fourth-order valence-corrected chi connectivity index (χ4v) is 1.29. The summed E-state index contributed by atoms with van der Waals surface area (Å²) in [6.45, 7) is 2.38. The van der Waals surface area contributed by atoms with E-state index in [9.17, 15) is 9.59 Å². The average Bonchev–Trinajstić information content (AvgIpc) is 2.71. The van der Waals surface area contributed by atoms with E-state index >= 15 is 0 Å². The molecule has 0 saturated carbocycles. The Hall–Kier alpha value is -1.92. The second kappa shape index (κ2) is 6.62. The summed E-state index contributed by atoms with van der Waals surface area (Å²) in [6.07, 6.45) is 4.39. The quantitative estimate of drug-likeness (QED) is 0.667. The maximum absolute atomic E-state index is 11.5. The van der Waals surface area contributed by atoms with Crippen LogP contribution in [-0.4, -0.2) is 38.5 Å². The van der Waals surface area contributed by atoms with Crippen molar-refractivity contribution < 1.29 is 14.7 Å². The monoisotopic (exact) mass is 240 g/mol. The van der Waals surface area contributed by atoms with Gasteiger partial charge in [0.2, 0.25) is 0 Å². The van der Waals surface area contributed by atoms with Crippen molar-refractivity contribution in [2.45, 2.75) is 32.7 Å². The molecule has 0 aliphatic heterocycles. The summed E-state index contributed by atoms with van der Waals surface area (Å²) >= 11 is 0. The van der Waals surface area contributed by atoms with Crippen LogP contribution in [0.3, 0.4) is 0 Å². The molecule has 1 aromatic heterocycles. The molecule has 0 saturated heterocycles. The van der Waals surface area contributed by atoms with Gasteiger partial charge in [0, 0.05) is 6.54 Å². The summed E-state index contributed by atoms with van der Waals surface area (Å²) in [5.41, 5.74) is 0.141. The molecule has 7 nitrogen and oxygen atoms in total. The van der Waals surface area contributed by atoms with Crippen molar-refractivity contribution in [2.24, 2.45) is 0 Å². The van der Waals surface area contributed by atoms with Crippen molar-refractivity contribution in [3.05, 3.63) is 11.9 Å². The number of nitrogens with zero attached hydrogens (tertiary/aromatic N) is 3. The molecule has 2 N–H and O–H groups in total. The number of carboxylic acid groups (broad SMARTS) is 1. The summed E-state index contributed by atoms with van der Waals surface area (Å²) in [6, 6.07) is 0. The first-order valence-electron chi connectivity index (χ1n) is 5.53. The molecule has 17 heavy (non-hydrogen) atoms. The van der Waals surface area contributed by atoms with Gasteiger partial charge >= 0.3 is 5.97 Å². The normalized spacial score (nSPS) is 10.2. The highest BCUT2D eigenvalue weighted by molar-refractivity contribution is 5.91. The lowest BCUT2D eigenvalue weighted by atomic mass is 10.2. The number of hydrogen-bond acceptors (Lipinski definition) is 4. The van der Waals surface area contributed by atoms with Gasteiger partial charge in [-0.05, 0) is 6.42 Å². The Bertz CT molecular complexity index is 389. The number of aliphatic carboxylic acids is 1. The Morgan fingerprint density at radius 2 is 2.24 bits per heavy atom. The van der Waals surface area contributed by atoms with E-state index in [2.05, 4.69) is 22.6 Å². The van der Waals surface area contributed by atoms with Crippen LogP contribution in [0, 0.1) is 0 Å². The van der Waals surface area contributed by atoms with Crippen molar-refractivity contribution in [1.29, 1.82) is 0 Å². The van der Waals surface area contributed by atoms with Crippen molar-refractivity contribution in [3.8, 4) is 0 Å². The van der Waals surface area contributed by atoms with Gasteiger partial charge in [-0.3, -0.25) is 9.59 Å². The van der Waals surface area contributed by atoms with Crippen LogP contribution in [0.4, 0.5) is 0 Å². The van der Waals surface area contributed by atoms with Gasteiger partial charge in [-0.1, -0.05) is 25.0 Å². The molecule has 1 rings (SSSR count). The van der Waals surface area contributed by atoms with Crippen LogP contribution in [0.2, 0.25) is 0 Å². The maximum Gasteiger partial charge on any atom is 0.325 e. The smallest absolute Gasteiger partial charge is 0.325 e. The van der Waals surface area contributed by atoms with E-state index in [1.807, 2.05) is 0 Å². The predicted molar refractivity (Wildman–Crippen MR) is 59.5 cm³/mol. The van der Waals surface area contributed by atoms with Gasteiger partial charge in [0.05, 0.1) is 6.20 Å². The molecule has 1 heterocycles. The third-order valence-electron chi connectivity index (χ3n) is 2.13. The highest BCUT2D eigenvalue weighted by atomic mass is 16.4. The molecule has 0 spiro atoms. The number of carbonyl (C=O) groups is 2. The second-order valence-corrected chi connectivity index (χ2v) is 3.66. The number of rotatable bonds is 7. The van der Waals surface area contributed by atoms with Crippen molar-refractivity contribution in [3.63, 3.8) is 0 Å². The summed E-state index contributed by atoms with van der Waals surface area (Å²) in [4.78, 5) is 21.9. The predicted octanol–water partition coefficient (Wildman–Crippen LogP) is 0.283. The Balaban J connectivity index is 2.41. The van der Waals surface area contributed by atoms with Crippen molar-refractivity contribution >= 4 is 11.9 Å². The molecule has 1 aromatic rings. The van der Waals surface area contributed by atoms with Crippen LogP contribution in [0.25, 0.3) is 0 Å². The lowest BCUT2D eigenvalue weighted by Gasteiger charge is -2.00. The number of amides is 1. The molecule has 0 unspecified atom stereocenters. The lowest BCUT2D eigenvalue weighted by Crippen LogP contribution is -2.24. The average molecular weight is 240 g/mol. The van der Waals surface area contributed by atoms with Gasteiger partial charge in [-0.25, -0.2) is 4.68 Å². The van der Waals surface area contributed by atoms with E-state index in [1.165, 1.54) is 6.20 Å². The molecule has 0 aliphatic carbocycles. The standard InChI is InChI=1S/C10H16N4O3/c1-2-3-4-5-11-10(17)8-6-14(13-12-8)7-9(15)16/h6H,2-5,7H2,1H3,(H,11,17)(H,15,16). The third kappa shape index (κ3) is 4.62. The Morgan fingerprint density at radius 3 is 2.88 bits per heavy atom. The van der Waals surface area contributed by atoms with Crippen molar-refractivity contribution in [2.75, 3.05) is 6.54 Å². The van der Waals surface area contributed by atoms with E-state index < -0.39 is 5.97 Å². The van der Waals surface area contributed by atoms with Gasteiger partial charge in [-0.2, -0.15) is 0 Å². The van der Waals surface area contributed by atoms with Crippen LogP contribution >= 0.6 is 0 Å². The highest BCUT2D eigenvalue weighted by Crippen LogP contribution is 1.95. The maximum atomic E-state index is 11.5. The zero-order chi connectivity index (χ0) is 12.7. The molecule has 0 bridgehead atoms. The van der Waals surface area contributed by atoms with Crippen LogP contribution in [-0.2, 0) is 11.3 Å². The molecule has 0 aromatic carbocycles. The molecule has 0 aliphatic rings. The first-order chi connectivity index (χ1) is 8.13. The van der Waals surface area contributed by atoms with Crippen LogP contribution in [0.5, 0.6) is 0 Å². The topological polar surface area (TPSA) is 97.1 Å². The number of unbranched alkanes of at least 4 members (excludes halogenated alkanes) is 2. The SMILES string of the molecule is CCCCCNC(=O)c1cn(CC(=O)O)nn1. The highest BCUT2D eigenvalue weighted by Gasteiger charge is 2.10. The number of carbonyl (C=O) groups excluding carboxylic acids is 1. The van der Waals surface area contributed by atoms with Gasteiger partial charge in [0.1, 0.15) is 6.54 Å². The summed E-state index contributed by atoms with van der Waals surface area (Å²) in [5.74, 6) is -1.34. The summed E-state index contributed by atoms with van der Waals surface area (Å²) in [5, 5.41) is 18.4. The zero-order valence-corrected chi connectivity index (χ0v) is 9.72. The minimum atomic E-state index is -1.02. The van der Waals surface area contributed by atoms with Gasteiger partial charge in [0.25, 0.3) is 5.91 Å². The Labute approximate surface area is 98.8 Å². The Kier molecular flexibility index (Phi) is 5.12. The lowest BCUT2D eigenvalue weighted by molar-refractivity contribution is -0.137. The first kappa shape index (κ1) is 13.1. The van der Waals surface area contributed by atoms with E-state index in [-0.39, 0.29) is 18.1 Å². The van der Waals surface area contributed by atoms with Gasteiger partial charge in [-0.15, -0.1) is 5.10 Å². The number of nitrogens with one attached hydrogen (secondary N) is 1. The fraction of sp³-hybridized carbons (Fsp3) is 0.600. The molecular formula is C10H16N4O3. The number of aromatic nitrogens is 3. The molecule has 7 heteroatoms. The van der Waals surface area contributed by atoms with Gasteiger partial charge < -0.3 is 10.4 Å². The van der Waals surface area contributed by atoms with Crippen LogP contribution < -0.4 is 5.32 Å². The van der Waals surface area contributed by atoms with Gasteiger partial charge in [0.15, 0.2) is 5.69 Å². The minimum Gasteiger partial charge on any atom is -0.480 e. The zero-order valence-electron chi connectivity index (χ0n) is 9.72. The van der Waals surface area contributed by atoms with E-state index in [1.54, 1.807) is 0 Å². The third-order valence-corrected chi connectivity index (χ3v) is 2.13. The molecule has 0 radical (unpaired) electrons. The number of carboxylic acids is 1. The van der Waals surface area contributed by atoms with Crippen LogP contribution in [0.1, 0.15) is 36.7 Å². The molecule has 0 atom stereocenters. The molecule has 1 amide bonds. The minimum absolute atomic E-state index is 0.141. The fourth-order valence-electron chi connectivity index (χ4n) is 1.29. The largest absolute Gasteiger partial charge is 0.480 e. The molecule has 0 fully saturated rings. The van der Waals surface area contributed by atoms with Crippen LogP contribution in [0.15, 0.2) is 6.20 Å². The van der Waals surface area contributed by atoms with E-state index in [0.717, 1.165) is 23.9 Å². The first-order valence-corrected chi connectivity index (χ1v) is 5.53. The van der Waals surface area contributed by atoms with E-state index in [0.29, 0.717) is 6.54 Å². The second-order valence-electron chi connectivity index (χ2n) is 3.66. The van der Waals surface area contributed by atoms with E-state index in [4.69, 9.17) is 5.11 Å².